The highest BCUT2D eigenvalue weighted by molar-refractivity contribution is 5.94. The number of aryl methyl sites for hydroxylation is 1. The minimum absolute atomic E-state index is 0.0937. The molecule has 0 spiro atoms. The zero-order chi connectivity index (χ0) is 17.1. The molecular weight excluding hydrogens is 302 g/mol. The third-order valence-corrected chi connectivity index (χ3v) is 3.90. The molecule has 0 bridgehead atoms. The van der Waals surface area contributed by atoms with Crippen molar-refractivity contribution < 1.29 is 4.79 Å². The number of hydrogen-bond donors (Lipinski definition) is 1. The second-order valence-corrected chi connectivity index (χ2v) is 6.07. The monoisotopic (exact) mass is 323 g/mol. The Balaban J connectivity index is 1.63. The van der Waals surface area contributed by atoms with E-state index in [-0.39, 0.29) is 5.91 Å². The Morgan fingerprint density at radius 3 is 2.54 bits per heavy atom. The molecule has 1 N–H and O–H groups in total. The van der Waals surface area contributed by atoms with Gasteiger partial charge < -0.3 is 9.88 Å². The number of nitrogens with zero attached hydrogens (tertiary/aromatic N) is 4. The van der Waals surface area contributed by atoms with E-state index < -0.39 is 0 Å². The molecule has 6 heteroatoms. The zero-order valence-corrected chi connectivity index (χ0v) is 14.1. The van der Waals surface area contributed by atoms with Crippen molar-refractivity contribution >= 4 is 5.91 Å². The van der Waals surface area contributed by atoms with Crippen molar-refractivity contribution in [3.63, 3.8) is 0 Å². The maximum Gasteiger partial charge on any atom is 0.251 e. The van der Waals surface area contributed by atoms with Gasteiger partial charge in [-0.3, -0.25) is 9.48 Å². The molecule has 0 aliphatic rings. The van der Waals surface area contributed by atoms with Gasteiger partial charge in [0.25, 0.3) is 5.91 Å². The van der Waals surface area contributed by atoms with E-state index in [9.17, 15) is 4.79 Å². The molecule has 0 fully saturated rings. The second-order valence-electron chi connectivity index (χ2n) is 6.07. The van der Waals surface area contributed by atoms with Crippen LogP contribution in [0.25, 0.3) is 11.3 Å². The van der Waals surface area contributed by atoms with Crippen LogP contribution in [-0.4, -0.2) is 25.2 Å². The van der Waals surface area contributed by atoms with Crippen molar-refractivity contribution in [2.24, 2.45) is 7.05 Å². The van der Waals surface area contributed by atoms with Crippen LogP contribution in [0.1, 0.15) is 35.8 Å². The lowest BCUT2D eigenvalue weighted by Gasteiger charge is -2.06. The Morgan fingerprint density at radius 1 is 1.21 bits per heavy atom. The third kappa shape index (κ3) is 3.37. The van der Waals surface area contributed by atoms with Gasteiger partial charge in [-0.1, -0.05) is 12.1 Å². The van der Waals surface area contributed by atoms with E-state index in [0.29, 0.717) is 18.2 Å². The molecule has 1 aromatic carbocycles. The Labute approximate surface area is 141 Å². The summed E-state index contributed by atoms with van der Waals surface area (Å²) in [5, 5.41) is 7.20. The van der Waals surface area contributed by atoms with Crippen LogP contribution in [0.4, 0.5) is 0 Å². The number of hydrogen-bond acceptors (Lipinski definition) is 3. The third-order valence-electron chi connectivity index (χ3n) is 3.90. The van der Waals surface area contributed by atoms with Crippen LogP contribution in [0.15, 0.2) is 49.2 Å². The number of amides is 1. The van der Waals surface area contributed by atoms with Gasteiger partial charge in [-0.25, -0.2) is 4.98 Å². The first-order chi connectivity index (χ1) is 11.5. The number of rotatable bonds is 5. The number of benzene rings is 1. The van der Waals surface area contributed by atoms with Crippen LogP contribution < -0.4 is 5.32 Å². The van der Waals surface area contributed by atoms with Crippen LogP contribution in [0.5, 0.6) is 0 Å². The molecule has 124 valence electrons. The van der Waals surface area contributed by atoms with Crippen LogP contribution in [0, 0.1) is 0 Å². The van der Waals surface area contributed by atoms with Gasteiger partial charge in [-0.05, 0) is 31.5 Å². The highest BCUT2D eigenvalue weighted by atomic mass is 16.1. The first kappa shape index (κ1) is 16.0. The topological polar surface area (TPSA) is 64.7 Å². The molecule has 6 nitrogen and oxygen atoms in total. The summed E-state index contributed by atoms with van der Waals surface area (Å²) in [6, 6.07) is 7.84. The number of aromatic nitrogens is 4. The molecule has 0 radical (unpaired) electrons. The van der Waals surface area contributed by atoms with Gasteiger partial charge in [0.1, 0.15) is 0 Å². The van der Waals surface area contributed by atoms with Gasteiger partial charge in [0, 0.05) is 37.0 Å². The number of carbonyl (C=O) groups is 1. The van der Waals surface area contributed by atoms with E-state index in [0.717, 1.165) is 16.8 Å². The minimum Gasteiger partial charge on any atom is -0.348 e. The van der Waals surface area contributed by atoms with E-state index >= 15 is 0 Å². The largest absolute Gasteiger partial charge is 0.348 e. The predicted molar refractivity (Wildman–Crippen MR) is 92.4 cm³/mol. The van der Waals surface area contributed by atoms with Gasteiger partial charge in [-0.2, -0.15) is 5.10 Å². The maximum absolute atomic E-state index is 12.3. The summed E-state index contributed by atoms with van der Waals surface area (Å²) < 4.78 is 3.83. The summed E-state index contributed by atoms with van der Waals surface area (Å²) >= 11 is 0. The Morgan fingerprint density at radius 2 is 1.96 bits per heavy atom. The molecule has 24 heavy (non-hydrogen) atoms. The molecule has 0 unspecified atom stereocenters. The Bertz CT molecular complexity index is 829. The fourth-order valence-electron chi connectivity index (χ4n) is 2.46. The molecule has 2 aromatic heterocycles. The van der Waals surface area contributed by atoms with Crippen LogP contribution in [-0.2, 0) is 13.6 Å². The smallest absolute Gasteiger partial charge is 0.251 e. The average molecular weight is 323 g/mol. The maximum atomic E-state index is 12.3. The molecule has 0 saturated heterocycles. The summed E-state index contributed by atoms with van der Waals surface area (Å²) in [5.74, 6) is -0.0937. The second kappa shape index (κ2) is 6.70. The summed E-state index contributed by atoms with van der Waals surface area (Å²) in [7, 11) is 1.94. The summed E-state index contributed by atoms with van der Waals surface area (Å²) in [4.78, 5) is 16.4. The quantitative estimate of drug-likeness (QED) is 0.785. The standard InChI is InChI=1S/C18H21N5O/c1-13(2)23-11-14(9-21-23)8-20-18(24)16-6-4-15(5-7-16)17-10-19-12-22(17)3/h4-7,9-13H,8H2,1-3H3,(H,20,24). The highest BCUT2D eigenvalue weighted by Crippen LogP contribution is 2.18. The van der Waals surface area contributed by atoms with Crippen LogP contribution in [0.2, 0.25) is 0 Å². The number of imidazole rings is 1. The van der Waals surface area contributed by atoms with Gasteiger partial charge in [0.15, 0.2) is 0 Å². The summed E-state index contributed by atoms with van der Waals surface area (Å²) in [6.07, 6.45) is 7.30. The average Bonchev–Trinajstić information content (AvgIpc) is 3.22. The molecule has 0 aliphatic carbocycles. The number of carbonyl (C=O) groups excluding carboxylic acids is 1. The molecule has 3 rings (SSSR count). The van der Waals surface area contributed by atoms with Crippen LogP contribution >= 0.6 is 0 Å². The van der Waals surface area contributed by atoms with E-state index in [1.54, 1.807) is 12.5 Å². The fourth-order valence-corrected chi connectivity index (χ4v) is 2.46. The number of nitrogens with one attached hydrogen (secondary N) is 1. The van der Waals surface area contributed by atoms with Crippen molar-refractivity contribution in [2.45, 2.75) is 26.4 Å². The predicted octanol–water partition coefficient (Wildman–Crippen LogP) is 2.79. The molecule has 0 aliphatic heterocycles. The fraction of sp³-hybridized carbons (Fsp3) is 0.278. The lowest BCUT2D eigenvalue weighted by molar-refractivity contribution is 0.0951. The van der Waals surface area contributed by atoms with Gasteiger partial charge >= 0.3 is 0 Å². The van der Waals surface area contributed by atoms with Gasteiger partial charge in [0.2, 0.25) is 0 Å². The summed E-state index contributed by atoms with van der Waals surface area (Å²) in [5.41, 5.74) is 3.67. The molecule has 0 atom stereocenters. The molecule has 2 heterocycles. The first-order valence-electron chi connectivity index (χ1n) is 7.92. The highest BCUT2D eigenvalue weighted by Gasteiger charge is 2.08. The molecule has 1 amide bonds. The van der Waals surface area contributed by atoms with Crippen LogP contribution in [0.3, 0.4) is 0 Å². The zero-order valence-electron chi connectivity index (χ0n) is 14.1. The van der Waals surface area contributed by atoms with Crippen molar-refractivity contribution in [1.82, 2.24) is 24.6 Å². The van der Waals surface area contributed by atoms with E-state index in [4.69, 9.17) is 0 Å². The Hall–Kier alpha value is -2.89. The normalized spacial score (nSPS) is 11.0. The molecular formula is C18H21N5O. The van der Waals surface area contributed by atoms with Crippen molar-refractivity contribution in [2.75, 3.05) is 0 Å². The Kier molecular flexibility index (Phi) is 4.46. The lowest BCUT2D eigenvalue weighted by Crippen LogP contribution is -2.22. The molecule has 3 aromatic rings. The van der Waals surface area contributed by atoms with Crippen molar-refractivity contribution in [1.29, 1.82) is 0 Å². The lowest BCUT2D eigenvalue weighted by atomic mass is 10.1. The molecule has 0 saturated carbocycles. The summed E-state index contributed by atoms with van der Waals surface area (Å²) in [6.45, 7) is 4.60. The minimum atomic E-state index is -0.0937. The van der Waals surface area contributed by atoms with E-state index in [1.165, 1.54) is 0 Å². The van der Waals surface area contributed by atoms with E-state index in [2.05, 4.69) is 29.2 Å². The van der Waals surface area contributed by atoms with Crippen molar-refractivity contribution in [3.05, 3.63) is 60.3 Å². The van der Waals surface area contributed by atoms with E-state index in [1.807, 2.05) is 53.0 Å². The first-order valence-corrected chi connectivity index (χ1v) is 7.92. The van der Waals surface area contributed by atoms with Gasteiger partial charge in [0.05, 0.1) is 24.4 Å². The SMILES string of the molecule is CC(C)n1cc(CNC(=O)c2ccc(-c3cncn3C)cc2)cn1. The van der Waals surface area contributed by atoms with Crippen molar-refractivity contribution in [3.8, 4) is 11.3 Å². The van der Waals surface area contributed by atoms with Gasteiger partial charge in [-0.15, -0.1) is 0 Å².